The summed E-state index contributed by atoms with van der Waals surface area (Å²) in [5.74, 6) is -1.20. The van der Waals surface area contributed by atoms with Crippen LogP contribution in [0, 0.1) is 0 Å². The second-order valence-electron chi connectivity index (χ2n) is 5.38. The number of nitrogens with one attached hydrogen (secondary N) is 2. The topological polar surface area (TPSA) is 130 Å². The highest BCUT2D eigenvalue weighted by Crippen LogP contribution is 2.11. The summed E-state index contributed by atoms with van der Waals surface area (Å²) in [6.45, 7) is 0.498. The maximum Gasteiger partial charge on any atom is 0.335 e. The van der Waals surface area contributed by atoms with E-state index in [-0.39, 0.29) is 29.0 Å². The molecule has 2 aromatic heterocycles. The number of anilines is 1. The Kier molecular flexibility index (Phi) is 4.55. The minimum absolute atomic E-state index is 0.160. The fraction of sp³-hybridized carbons (Fsp3) is 0.188. The van der Waals surface area contributed by atoms with Crippen molar-refractivity contribution in [2.24, 2.45) is 0 Å². The molecule has 3 N–H and O–H groups in total. The smallest absolute Gasteiger partial charge is 0.335 e. The molecule has 0 radical (unpaired) electrons. The van der Waals surface area contributed by atoms with Crippen LogP contribution in [0.3, 0.4) is 0 Å². The lowest BCUT2D eigenvalue weighted by Gasteiger charge is -2.06. The van der Waals surface area contributed by atoms with Gasteiger partial charge in [0.05, 0.1) is 18.2 Å². The standard InChI is InChI=1S/C16H15N5O4/c22-12(20-11-5-3-10(4-6-11)16(24)25)2-1-7-21-9-19-13-14(21)17-8-18-15(13)23/h3-6,8-9H,1-2,7H2,(H,20,22)(H,24,25)(H,17,18,23). The number of carbonyl (C=O) groups is 2. The molecule has 3 rings (SSSR count). The molecule has 0 aliphatic rings. The highest BCUT2D eigenvalue weighted by molar-refractivity contribution is 5.92. The summed E-state index contributed by atoms with van der Waals surface area (Å²) < 4.78 is 1.72. The summed E-state index contributed by atoms with van der Waals surface area (Å²) in [6, 6.07) is 5.94. The number of benzene rings is 1. The predicted octanol–water partition coefficient (Wildman–Crippen LogP) is 1.24. The van der Waals surface area contributed by atoms with Crippen molar-refractivity contribution in [1.82, 2.24) is 19.5 Å². The number of carboxylic acid groups (broad SMARTS) is 1. The van der Waals surface area contributed by atoms with Crippen LogP contribution in [-0.2, 0) is 11.3 Å². The second-order valence-corrected chi connectivity index (χ2v) is 5.38. The number of imidazole rings is 1. The van der Waals surface area contributed by atoms with Crippen LogP contribution in [0.5, 0.6) is 0 Å². The van der Waals surface area contributed by atoms with Gasteiger partial charge in [-0.05, 0) is 30.7 Å². The summed E-state index contributed by atoms with van der Waals surface area (Å²) in [7, 11) is 0. The summed E-state index contributed by atoms with van der Waals surface area (Å²) in [4.78, 5) is 44.9. The third kappa shape index (κ3) is 3.71. The van der Waals surface area contributed by atoms with Gasteiger partial charge in [0.25, 0.3) is 5.56 Å². The highest BCUT2D eigenvalue weighted by Gasteiger charge is 2.08. The number of nitrogens with zero attached hydrogens (tertiary/aromatic N) is 3. The van der Waals surface area contributed by atoms with Gasteiger partial charge >= 0.3 is 5.97 Å². The molecule has 0 saturated carbocycles. The average Bonchev–Trinajstić information content (AvgIpc) is 3.00. The number of amides is 1. The number of aryl methyl sites for hydroxylation is 1. The van der Waals surface area contributed by atoms with Crippen LogP contribution in [0.25, 0.3) is 11.2 Å². The second kappa shape index (κ2) is 6.95. The summed E-state index contributed by atoms with van der Waals surface area (Å²) in [5, 5.41) is 11.5. The molecule has 0 bridgehead atoms. The molecule has 9 nitrogen and oxygen atoms in total. The zero-order valence-corrected chi connectivity index (χ0v) is 13.1. The Morgan fingerprint density at radius 1 is 1.20 bits per heavy atom. The molecular formula is C16H15N5O4. The van der Waals surface area contributed by atoms with Gasteiger partial charge in [0.15, 0.2) is 11.2 Å². The number of carboxylic acids is 1. The summed E-state index contributed by atoms with van der Waals surface area (Å²) in [5.41, 5.74) is 1.15. The Hall–Kier alpha value is -3.49. The van der Waals surface area contributed by atoms with Crippen molar-refractivity contribution in [3.63, 3.8) is 0 Å². The number of carbonyl (C=O) groups excluding carboxylic acids is 1. The molecule has 0 saturated heterocycles. The van der Waals surface area contributed by atoms with Gasteiger partial charge in [-0.3, -0.25) is 9.59 Å². The van der Waals surface area contributed by atoms with Crippen LogP contribution in [0.1, 0.15) is 23.2 Å². The van der Waals surface area contributed by atoms with Crippen LogP contribution < -0.4 is 10.9 Å². The van der Waals surface area contributed by atoms with Crippen LogP contribution in [0.4, 0.5) is 5.69 Å². The third-order valence-corrected chi connectivity index (χ3v) is 3.63. The molecule has 128 valence electrons. The van der Waals surface area contributed by atoms with Crippen molar-refractivity contribution >= 4 is 28.7 Å². The van der Waals surface area contributed by atoms with E-state index in [0.29, 0.717) is 24.3 Å². The molecule has 0 unspecified atom stereocenters. The Morgan fingerprint density at radius 2 is 1.96 bits per heavy atom. The van der Waals surface area contributed by atoms with Crippen LogP contribution in [0.2, 0.25) is 0 Å². The zero-order valence-electron chi connectivity index (χ0n) is 13.1. The summed E-state index contributed by atoms with van der Waals surface area (Å²) in [6.07, 6.45) is 3.65. The Morgan fingerprint density at radius 3 is 2.68 bits per heavy atom. The van der Waals surface area contributed by atoms with E-state index in [1.807, 2.05) is 0 Å². The molecule has 2 heterocycles. The van der Waals surface area contributed by atoms with Crippen molar-refractivity contribution in [3.8, 4) is 0 Å². The Balaban J connectivity index is 1.54. The quantitative estimate of drug-likeness (QED) is 0.618. The fourth-order valence-corrected chi connectivity index (χ4v) is 2.38. The largest absolute Gasteiger partial charge is 0.478 e. The lowest BCUT2D eigenvalue weighted by atomic mass is 10.2. The molecular weight excluding hydrogens is 326 g/mol. The maximum atomic E-state index is 12.0. The number of aromatic carboxylic acids is 1. The van der Waals surface area contributed by atoms with Gasteiger partial charge in [0.1, 0.15) is 0 Å². The van der Waals surface area contributed by atoms with Gasteiger partial charge in [0, 0.05) is 18.7 Å². The van der Waals surface area contributed by atoms with Gasteiger partial charge in [-0.25, -0.2) is 14.8 Å². The van der Waals surface area contributed by atoms with E-state index in [2.05, 4.69) is 20.3 Å². The number of fused-ring (bicyclic) bond motifs is 1. The molecule has 0 fully saturated rings. The molecule has 25 heavy (non-hydrogen) atoms. The SMILES string of the molecule is O=C(CCCn1cnc2c(=O)[nH]cnc21)Nc1ccc(C(=O)O)cc1. The maximum absolute atomic E-state index is 12.0. The van der Waals surface area contributed by atoms with Crippen molar-refractivity contribution in [3.05, 3.63) is 52.8 Å². The fourth-order valence-electron chi connectivity index (χ4n) is 2.38. The first-order chi connectivity index (χ1) is 12.0. The van der Waals surface area contributed by atoms with Crippen molar-refractivity contribution < 1.29 is 14.7 Å². The van der Waals surface area contributed by atoms with Gasteiger partial charge < -0.3 is 20.0 Å². The molecule has 3 aromatic rings. The summed E-state index contributed by atoms with van der Waals surface area (Å²) >= 11 is 0. The normalized spacial score (nSPS) is 10.7. The van der Waals surface area contributed by atoms with Crippen molar-refractivity contribution in [2.75, 3.05) is 5.32 Å². The van der Waals surface area contributed by atoms with E-state index in [1.165, 1.54) is 24.8 Å². The van der Waals surface area contributed by atoms with E-state index < -0.39 is 5.97 Å². The van der Waals surface area contributed by atoms with E-state index in [0.717, 1.165) is 0 Å². The number of H-pyrrole nitrogens is 1. The van der Waals surface area contributed by atoms with E-state index in [9.17, 15) is 14.4 Å². The van der Waals surface area contributed by atoms with Crippen LogP contribution in [-0.4, -0.2) is 36.5 Å². The van der Waals surface area contributed by atoms with E-state index >= 15 is 0 Å². The molecule has 0 aliphatic carbocycles. The lowest BCUT2D eigenvalue weighted by Crippen LogP contribution is -2.13. The predicted molar refractivity (Wildman–Crippen MR) is 89.4 cm³/mol. The Bertz CT molecular complexity index is 974. The van der Waals surface area contributed by atoms with E-state index in [1.54, 1.807) is 16.7 Å². The lowest BCUT2D eigenvalue weighted by molar-refractivity contribution is -0.116. The first kappa shape index (κ1) is 16.4. The number of hydrogen-bond donors (Lipinski definition) is 3. The number of hydrogen-bond acceptors (Lipinski definition) is 5. The monoisotopic (exact) mass is 341 g/mol. The van der Waals surface area contributed by atoms with Crippen molar-refractivity contribution in [1.29, 1.82) is 0 Å². The average molecular weight is 341 g/mol. The number of aromatic amines is 1. The van der Waals surface area contributed by atoms with E-state index in [4.69, 9.17) is 5.11 Å². The minimum Gasteiger partial charge on any atom is -0.478 e. The first-order valence-corrected chi connectivity index (χ1v) is 7.56. The minimum atomic E-state index is -1.02. The molecule has 0 aliphatic heterocycles. The third-order valence-electron chi connectivity index (χ3n) is 3.63. The molecule has 1 amide bonds. The van der Waals surface area contributed by atoms with Gasteiger partial charge in [-0.1, -0.05) is 0 Å². The highest BCUT2D eigenvalue weighted by atomic mass is 16.4. The van der Waals surface area contributed by atoms with Crippen LogP contribution >= 0.6 is 0 Å². The Labute approximate surface area is 141 Å². The zero-order chi connectivity index (χ0) is 17.8. The molecule has 0 spiro atoms. The molecule has 9 heteroatoms. The van der Waals surface area contributed by atoms with Gasteiger partial charge in [0.2, 0.25) is 5.91 Å². The van der Waals surface area contributed by atoms with Gasteiger partial charge in [-0.2, -0.15) is 0 Å². The number of rotatable bonds is 6. The van der Waals surface area contributed by atoms with Crippen LogP contribution in [0.15, 0.2) is 41.7 Å². The number of aromatic nitrogens is 4. The first-order valence-electron chi connectivity index (χ1n) is 7.56. The van der Waals surface area contributed by atoms with Gasteiger partial charge in [-0.15, -0.1) is 0 Å². The molecule has 0 atom stereocenters. The molecule has 1 aromatic carbocycles. The van der Waals surface area contributed by atoms with Crippen molar-refractivity contribution in [2.45, 2.75) is 19.4 Å².